The van der Waals surface area contributed by atoms with Crippen molar-refractivity contribution in [1.29, 1.82) is 0 Å². The summed E-state index contributed by atoms with van der Waals surface area (Å²) in [7, 11) is -3.96. The predicted molar refractivity (Wildman–Crippen MR) is 123 cm³/mol. The van der Waals surface area contributed by atoms with E-state index < -0.39 is 31.1 Å². The van der Waals surface area contributed by atoms with Crippen LogP contribution in [-0.2, 0) is 37.8 Å². The second-order valence-electron chi connectivity index (χ2n) is 8.39. The summed E-state index contributed by atoms with van der Waals surface area (Å²) in [5.41, 5.74) is 1.20. The lowest BCUT2D eigenvalue weighted by Gasteiger charge is -2.53. The number of benzene rings is 2. The monoisotopic (exact) mass is 482 g/mol. The Hall–Kier alpha value is -1.75. The Bertz CT molecular complexity index is 1040. The van der Waals surface area contributed by atoms with Crippen LogP contribution in [0, 0.1) is 19.3 Å². The fourth-order valence-corrected chi connectivity index (χ4v) is 5.86. The SMILES string of the molecule is C=S(=O)(OCC1(COS(=O)(=O)c2ccc(C)cc2)CC(OC)(OC)C1)c1ccc(C)cc1. The van der Waals surface area contributed by atoms with E-state index in [2.05, 4.69) is 5.87 Å². The zero-order valence-corrected chi connectivity index (χ0v) is 20.5. The van der Waals surface area contributed by atoms with Gasteiger partial charge in [0.05, 0.1) is 23.0 Å². The highest BCUT2D eigenvalue weighted by atomic mass is 32.2. The van der Waals surface area contributed by atoms with Crippen molar-refractivity contribution in [3.05, 3.63) is 59.7 Å². The van der Waals surface area contributed by atoms with Crippen LogP contribution in [0.4, 0.5) is 0 Å². The van der Waals surface area contributed by atoms with Crippen molar-refractivity contribution in [2.75, 3.05) is 27.4 Å². The average Bonchev–Trinajstić information content (AvgIpc) is 2.73. The van der Waals surface area contributed by atoms with E-state index in [1.165, 1.54) is 26.4 Å². The maximum atomic E-state index is 13.1. The molecule has 176 valence electrons. The third-order valence-electron chi connectivity index (χ3n) is 5.80. The largest absolute Gasteiger partial charge is 0.353 e. The normalized spacial score (nSPS) is 19.1. The first-order chi connectivity index (χ1) is 14.9. The first kappa shape index (κ1) is 24.9. The molecule has 0 saturated heterocycles. The van der Waals surface area contributed by atoms with Crippen molar-refractivity contribution in [1.82, 2.24) is 0 Å². The van der Waals surface area contributed by atoms with E-state index in [0.29, 0.717) is 17.7 Å². The van der Waals surface area contributed by atoms with E-state index in [0.717, 1.165) is 11.1 Å². The highest BCUT2D eigenvalue weighted by molar-refractivity contribution is 7.96. The summed E-state index contributed by atoms with van der Waals surface area (Å²) in [5, 5.41) is 0. The molecule has 1 unspecified atom stereocenters. The molecule has 3 rings (SSSR count). The fourth-order valence-electron chi connectivity index (χ4n) is 3.72. The van der Waals surface area contributed by atoms with Gasteiger partial charge in [-0.1, -0.05) is 35.4 Å². The van der Waals surface area contributed by atoms with Gasteiger partial charge in [-0.2, -0.15) is 8.42 Å². The van der Waals surface area contributed by atoms with E-state index in [4.69, 9.17) is 17.8 Å². The summed E-state index contributed by atoms with van der Waals surface area (Å²) in [6.45, 7) is 3.61. The van der Waals surface area contributed by atoms with Gasteiger partial charge in [0.25, 0.3) is 10.1 Å². The Morgan fingerprint density at radius 1 is 0.781 bits per heavy atom. The minimum atomic E-state index is -3.97. The number of rotatable bonds is 10. The fraction of sp³-hybridized carbons (Fsp3) is 0.435. The molecule has 0 heterocycles. The topological polar surface area (TPSA) is 88.1 Å². The van der Waals surface area contributed by atoms with Crippen molar-refractivity contribution in [3.8, 4) is 0 Å². The Morgan fingerprint density at radius 3 is 1.69 bits per heavy atom. The highest BCUT2D eigenvalue weighted by Crippen LogP contribution is 2.52. The van der Waals surface area contributed by atoms with Gasteiger partial charge in [0, 0.05) is 32.5 Å². The van der Waals surface area contributed by atoms with Crippen LogP contribution in [-0.4, -0.2) is 51.7 Å². The summed E-state index contributed by atoms with van der Waals surface area (Å²) < 4.78 is 60.6. The van der Waals surface area contributed by atoms with E-state index in [-0.39, 0.29) is 18.1 Å². The second kappa shape index (κ2) is 9.24. The molecule has 32 heavy (non-hydrogen) atoms. The van der Waals surface area contributed by atoms with Gasteiger partial charge in [-0.05, 0) is 44.0 Å². The number of hydrogen-bond acceptors (Lipinski definition) is 7. The molecule has 1 aliphatic rings. The van der Waals surface area contributed by atoms with Crippen LogP contribution in [0.5, 0.6) is 0 Å². The molecule has 9 heteroatoms. The number of methoxy groups -OCH3 is 2. The third-order valence-corrected chi connectivity index (χ3v) is 8.56. The van der Waals surface area contributed by atoms with Crippen molar-refractivity contribution in [2.45, 2.75) is 42.3 Å². The van der Waals surface area contributed by atoms with E-state index in [9.17, 15) is 12.6 Å². The number of hydrogen-bond donors (Lipinski definition) is 0. The zero-order valence-electron chi connectivity index (χ0n) is 18.8. The molecule has 0 aromatic heterocycles. The predicted octanol–water partition coefficient (Wildman–Crippen LogP) is 3.49. The third kappa shape index (κ3) is 5.41. The molecule has 0 N–H and O–H groups in total. The first-order valence-electron chi connectivity index (χ1n) is 10.1. The molecule has 0 bridgehead atoms. The van der Waals surface area contributed by atoms with Crippen molar-refractivity contribution < 1.29 is 30.5 Å². The quantitative estimate of drug-likeness (QED) is 0.291. The van der Waals surface area contributed by atoms with Crippen LogP contribution in [0.1, 0.15) is 24.0 Å². The summed E-state index contributed by atoms with van der Waals surface area (Å²) in [6.07, 6.45) is 0.639. The molecule has 0 aliphatic heterocycles. The summed E-state index contributed by atoms with van der Waals surface area (Å²) in [4.78, 5) is 0.541. The Balaban J connectivity index is 1.76. The van der Waals surface area contributed by atoms with Gasteiger partial charge in [0.1, 0.15) is 9.80 Å². The molecule has 2 aromatic rings. The molecule has 0 amide bonds. The molecule has 0 spiro atoms. The minimum absolute atomic E-state index is 0.0267. The summed E-state index contributed by atoms with van der Waals surface area (Å²) >= 11 is 0. The van der Waals surface area contributed by atoms with Gasteiger partial charge in [0.2, 0.25) is 0 Å². The average molecular weight is 483 g/mol. The molecule has 7 nitrogen and oxygen atoms in total. The van der Waals surface area contributed by atoms with Crippen LogP contribution < -0.4 is 0 Å². The second-order valence-corrected chi connectivity index (χ2v) is 11.9. The smallest absolute Gasteiger partial charge is 0.296 e. The van der Waals surface area contributed by atoms with Gasteiger partial charge in [0.15, 0.2) is 5.79 Å². The lowest BCUT2D eigenvalue weighted by Crippen LogP contribution is -2.58. The van der Waals surface area contributed by atoms with Crippen molar-refractivity contribution >= 4 is 25.8 Å². The minimum Gasteiger partial charge on any atom is -0.353 e. The van der Waals surface area contributed by atoms with Crippen LogP contribution in [0.3, 0.4) is 0 Å². The van der Waals surface area contributed by atoms with Crippen LogP contribution in [0.2, 0.25) is 0 Å². The molecule has 1 aliphatic carbocycles. The van der Waals surface area contributed by atoms with Gasteiger partial charge in [-0.25, -0.2) is 4.21 Å². The highest BCUT2D eigenvalue weighted by Gasteiger charge is 2.57. The lowest BCUT2D eigenvalue weighted by atomic mass is 9.65. The molecule has 1 fully saturated rings. The maximum Gasteiger partial charge on any atom is 0.296 e. The Kier molecular flexibility index (Phi) is 7.19. The standard InChI is InChI=1S/C23H30O7S2/c1-18-6-10-20(11-7-18)31(5,24)29-16-22(14-23(15-22,27-3)28-4)17-30-32(25,26)21-12-8-19(2)9-13-21/h6-13H,5,14-17H2,1-4H3. The molecular formula is C23H30O7S2. The lowest BCUT2D eigenvalue weighted by molar-refractivity contribution is -0.305. The molecule has 2 aromatic carbocycles. The van der Waals surface area contributed by atoms with E-state index >= 15 is 0 Å². The van der Waals surface area contributed by atoms with Gasteiger partial charge < -0.3 is 9.47 Å². The molecule has 1 atom stereocenters. The van der Waals surface area contributed by atoms with E-state index in [1.807, 2.05) is 26.0 Å². The molecule has 0 radical (unpaired) electrons. The van der Waals surface area contributed by atoms with Gasteiger partial charge >= 0.3 is 0 Å². The van der Waals surface area contributed by atoms with Crippen molar-refractivity contribution in [3.63, 3.8) is 0 Å². The molecular weight excluding hydrogens is 452 g/mol. The summed E-state index contributed by atoms with van der Waals surface area (Å²) in [6, 6.07) is 13.5. The van der Waals surface area contributed by atoms with Gasteiger partial charge in [-0.15, -0.1) is 0 Å². The molecule has 1 saturated carbocycles. The van der Waals surface area contributed by atoms with E-state index in [1.54, 1.807) is 24.3 Å². The number of aryl methyl sites for hydroxylation is 2. The maximum absolute atomic E-state index is 13.1. The summed E-state index contributed by atoms with van der Waals surface area (Å²) in [5.74, 6) is 2.89. The van der Waals surface area contributed by atoms with Crippen molar-refractivity contribution in [2.24, 2.45) is 5.41 Å². The Morgan fingerprint density at radius 2 is 1.22 bits per heavy atom. The zero-order chi connectivity index (χ0) is 23.6. The van der Waals surface area contributed by atoms with Gasteiger partial charge in [-0.3, -0.25) is 8.37 Å². The van der Waals surface area contributed by atoms with Crippen LogP contribution in [0.25, 0.3) is 0 Å². The Labute approximate surface area is 191 Å². The van der Waals surface area contributed by atoms with Crippen LogP contribution >= 0.6 is 0 Å². The van der Waals surface area contributed by atoms with Crippen LogP contribution in [0.15, 0.2) is 58.3 Å². The number of ether oxygens (including phenoxy) is 2. The first-order valence-corrected chi connectivity index (χ1v) is 13.2.